The maximum atomic E-state index is 12.2. The lowest BCUT2D eigenvalue weighted by Gasteiger charge is -2.29. The van der Waals surface area contributed by atoms with E-state index in [1.54, 1.807) is 0 Å². The summed E-state index contributed by atoms with van der Waals surface area (Å²) in [7, 11) is 0.575. The molecule has 0 aromatic heterocycles. The number of carbonyl (C=O) groups excluding carboxylic acids is 2. The molecule has 19 heavy (non-hydrogen) atoms. The molecule has 2 bridgehead atoms. The second-order valence-electron chi connectivity index (χ2n) is 6.10. The molecule has 2 atom stereocenters. The topological polar surface area (TPSA) is 110 Å². The van der Waals surface area contributed by atoms with Crippen LogP contribution >= 0.6 is 0 Å². The summed E-state index contributed by atoms with van der Waals surface area (Å²) >= 11 is 0. The van der Waals surface area contributed by atoms with Gasteiger partial charge in [-0.15, -0.1) is 0 Å². The molecule has 2 amide bonds. The van der Waals surface area contributed by atoms with Gasteiger partial charge in [0.2, 0.25) is 11.8 Å². The Bertz CT molecular complexity index is 345. The van der Waals surface area contributed by atoms with Crippen LogP contribution in [0.15, 0.2) is 0 Å². The molecule has 2 saturated heterocycles. The van der Waals surface area contributed by atoms with Crippen molar-refractivity contribution in [2.75, 3.05) is 0 Å². The molecular formula is C12H23BN4O2. The molecular weight excluding hydrogens is 243 g/mol. The standard InChI is InChI=1S/C12H23BN4O2/c14-16-9(18)11-5-3-1-2-4-6-12(13-11,8-7-11)10(19)17-15/h13H,1-8,14-15H2,(H,16,18)(H,17,19). The van der Waals surface area contributed by atoms with Gasteiger partial charge in [0, 0.05) is 10.6 Å². The highest BCUT2D eigenvalue weighted by atomic mass is 16.2. The molecule has 0 radical (unpaired) electrons. The Balaban J connectivity index is 2.30. The SMILES string of the molecule is NNC(=O)C12BC(C(=O)NN)(CCCCCC1)CC2. The van der Waals surface area contributed by atoms with Gasteiger partial charge in [0.1, 0.15) is 0 Å². The van der Waals surface area contributed by atoms with Gasteiger partial charge in [-0.2, -0.15) is 0 Å². The zero-order valence-corrected chi connectivity index (χ0v) is 11.3. The smallest absolute Gasteiger partial charge is 0.232 e. The van der Waals surface area contributed by atoms with Gasteiger partial charge in [0.15, 0.2) is 7.28 Å². The zero-order valence-electron chi connectivity index (χ0n) is 11.3. The average Bonchev–Trinajstić information content (AvgIpc) is 2.86. The molecule has 0 aromatic rings. The molecule has 106 valence electrons. The number of rotatable bonds is 2. The lowest BCUT2D eigenvalue weighted by atomic mass is 9.41. The van der Waals surface area contributed by atoms with Crippen LogP contribution in [0.1, 0.15) is 51.4 Å². The number of hydrogen-bond donors (Lipinski definition) is 4. The Morgan fingerprint density at radius 3 is 1.58 bits per heavy atom. The van der Waals surface area contributed by atoms with Crippen molar-refractivity contribution >= 4 is 19.1 Å². The summed E-state index contributed by atoms with van der Waals surface area (Å²) in [5, 5.41) is -0.961. The van der Waals surface area contributed by atoms with Crippen molar-refractivity contribution in [3.05, 3.63) is 0 Å². The van der Waals surface area contributed by atoms with E-state index in [1.807, 2.05) is 0 Å². The summed E-state index contributed by atoms with van der Waals surface area (Å²) in [6.45, 7) is 0. The minimum atomic E-state index is -0.481. The molecule has 2 fully saturated rings. The largest absolute Gasteiger partial charge is 0.294 e. The third-order valence-corrected chi connectivity index (χ3v) is 5.05. The summed E-state index contributed by atoms with van der Waals surface area (Å²) in [6, 6.07) is 0. The summed E-state index contributed by atoms with van der Waals surface area (Å²) in [5.74, 6) is 10.4. The van der Waals surface area contributed by atoms with E-state index < -0.39 is 10.6 Å². The summed E-state index contributed by atoms with van der Waals surface area (Å²) in [5.41, 5.74) is 4.59. The number of amides is 2. The molecule has 2 unspecified atom stereocenters. The van der Waals surface area contributed by atoms with Crippen LogP contribution in [0.5, 0.6) is 0 Å². The monoisotopic (exact) mass is 266 g/mol. The highest BCUT2D eigenvalue weighted by molar-refractivity contribution is 6.57. The van der Waals surface area contributed by atoms with Crippen molar-refractivity contribution in [1.82, 2.24) is 10.9 Å². The van der Waals surface area contributed by atoms with E-state index in [9.17, 15) is 9.59 Å². The van der Waals surface area contributed by atoms with E-state index >= 15 is 0 Å². The predicted octanol–water partition coefficient (Wildman–Crippen LogP) is -0.132. The maximum Gasteiger partial charge on any atom is 0.232 e. The van der Waals surface area contributed by atoms with Crippen molar-refractivity contribution < 1.29 is 9.59 Å². The Hall–Kier alpha value is -1.08. The normalized spacial score (nSPS) is 34.4. The first-order valence-corrected chi connectivity index (χ1v) is 7.11. The molecule has 6 nitrogen and oxygen atoms in total. The van der Waals surface area contributed by atoms with Gasteiger partial charge in [-0.1, -0.05) is 25.7 Å². The minimum absolute atomic E-state index is 0.124. The fourth-order valence-corrected chi connectivity index (χ4v) is 3.93. The Morgan fingerprint density at radius 1 is 0.789 bits per heavy atom. The zero-order chi connectivity index (χ0) is 13.9. The van der Waals surface area contributed by atoms with Crippen LogP contribution in [-0.4, -0.2) is 19.1 Å². The molecule has 0 saturated carbocycles. The average molecular weight is 266 g/mol. The second kappa shape index (κ2) is 5.50. The maximum absolute atomic E-state index is 12.2. The van der Waals surface area contributed by atoms with E-state index in [1.165, 1.54) is 0 Å². The van der Waals surface area contributed by atoms with Crippen molar-refractivity contribution in [3.63, 3.8) is 0 Å². The first-order valence-electron chi connectivity index (χ1n) is 7.11. The van der Waals surface area contributed by atoms with Gasteiger partial charge < -0.3 is 0 Å². The van der Waals surface area contributed by atoms with Gasteiger partial charge in [0.25, 0.3) is 0 Å². The summed E-state index contributed by atoms with van der Waals surface area (Å²) < 4.78 is 0. The number of fused-ring (bicyclic) bond motifs is 2. The Morgan fingerprint density at radius 2 is 1.21 bits per heavy atom. The fraction of sp³-hybridized carbons (Fsp3) is 0.833. The van der Waals surface area contributed by atoms with Crippen molar-refractivity contribution in [3.8, 4) is 0 Å². The number of hydrogen-bond acceptors (Lipinski definition) is 4. The van der Waals surface area contributed by atoms with Crippen LogP contribution in [0, 0.1) is 0 Å². The number of nitrogens with two attached hydrogens (primary N) is 2. The number of hydrazine groups is 2. The van der Waals surface area contributed by atoms with Crippen molar-refractivity contribution in [1.29, 1.82) is 0 Å². The Labute approximate surface area is 114 Å². The van der Waals surface area contributed by atoms with E-state index in [2.05, 4.69) is 10.9 Å². The molecule has 2 aliphatic rings. The first-order chi connectivity index (χ1) is 9.08. The number of nitrogens with one attached hydrogen (secondary N) is 2. The number of carbonyl (C=O) groups is 2. The molecule has 2 rings (SSSR count). The van der Waals surface area contributed by atoms with E-state index in [-0.39, 0.29) is 11.8 Å². The first kappa shape index (κ1) is 14.3. The highest BCUT2D eigenvalue weighted by Gasteiger charge is 2.56. The van der Waals surface area contributed by atoms with Gasteiger partial charge >= 0.3 is 0 Å². The predicted molar refractivity (Wildman–Crippen MR) is 74.1 cm³/mol. The van der Waals surface area contributed by atoms with E-state index in [4.69, 9.17) is 11.7 Å². The third-order valence-electron chi connectivity index (χ3n) is 5.05. The van der Waals surface area contributed by atoms with Gasteiger partial charge in [-0.3, -0.25) is 20.4 Å². The van der Waals surface area contributed by atoms with Crippen molar-refractivity contribution in [2.45, 2.75) is 62.0 Å². The van der Waals surface area contributed by atoms with E-state index in [0.717, 1.165) is 51.4 Å². The van der Waals surface area contributed by atoms with E-state index in [0.29, 0.717) is 7.28 Å². The third kappa shape index (κ3) is 2.49. The van der Waals surface area contributed by atoms with Crippen LogP contribution in [-0.2, 0) is 9.59 Å². The molecule has 6 N–H and O–H groups in total. The molecule has 0 aliphatic carbocycles. The Kier molecular flexibility index (Phi) is 4.15. The molecule has 0 spiro atoms. The molecule has 2 heterocycles. The minimum Gasteiger partial charge on any atom is -0.294 e. The summed E-state index contributed by atoms with van der Waals surface area (Å²) in [4.78, 5) is 24.4. The quantitative estimate of drug-likeness (QED) is 0.241. The van der Waals surface area contributed by atoms with Gasteiger partial charge in [-0.05, 0) is 25.7 Å². The fourth-order valence-electron chi connectivity index (χ4n) is 3.93. The van der Waals surface area contributed by atoms with Crippen LogP contribution in [0.4, 0.5) is 0 Å². The van der Waals surface area contributed by atoms with Gasteiger partial charge in [0.05, 0.1) is 0 Å². The van der Waals surface area contributed by atoms with Crippen molar-refractivity contribution in [2.24, 2.45) is 11.7 Å². The van der Waals surface area contributed by atoms with Crippen LogP contribution in [0.25, 0.3) is 0 Å². The second-order valence-corrected chi connectivity index (χ2v) is 6.10. The van der Waals surface area contributed by atoms with Crippen LogP contribution in [0.2, 0.25) is 10.6 Å². The van der Waals surface area contributed by atoms with Gasteiger partial charge in [-0.25, -0.2) is 11.7 Å². The highest BCUT2D eigenvalue weighted by Crippen LogP contribution is 2.58. The lowest BCUT2D eigenvalue weighted by molar-refractivity contribution is -0.125. The molecule has 7 heteroatoms. The van der Waals surface area contributed by atoms with Crippen LogP contribution < -0.4 is 22.5 Å². The summed E-state index contributed by atoms with van der Waals surface area (Å²) in [6.07, 6.45) is 7.35. The van der Waals surface area contributed by atoms with Crippen LogP contribution in [0.3, 0.4) is 0 Å². The lowest BCUT2D eigenvalue weighted by Crippen LogP contribution is -2.46. The molecule has 2 aliphatic heterocycles. The molecule has 0 aromatic carbocycles.